The third-order valence-electron chi connectivity index (χ3n) is 12.5. The molecule has 2 unspecified atom stereocenters. The van der Waals surface area contributed by atoms with Gasteiger partial charge in [0.25, 0.3) is 0 Å². The molecular formula is C43H63N5O10. The standard InChI is InChI=1S/C43H63N5O10/c1-12-33-43(8)37(48(41(53)58-43)20-16-15-19-47-23-31(45-24-47)30-17-13-14-18-44-30)27(4)34(49)25(2)22-42(7,54-11)38(28(5)35(50)29(6)39(52)56-33)57-40-36(51)32(46(9)10)21-26(3)55-40/h13-18,23-29,32-33,36-38,40,51H,12,19-22H2,1-11H3/b16-15+/t25-,26-,27+,28+,29-,32?,33-,36?,37-,38-,40+,42-,43-/m1/s1. The average Bonchev–Trinajstić information content (AvgIpc) is 3.78. The molecule has 3 fully saturated rings. The van der Waals surface area contributed by atoms with Crippen LogP contribution in [0.2, 0.25) is 0 Å². The Morgan fingerprint density at radius 2 is 1.69 bits per heavy atom. The van der Waals surface area contributed by atoms with Crippen molar-refractivity contribution in [1.82, 2.24) is 24.3 Å². The zero-order chi connectivity index (χ0) is 42.7. The number of pyridine rings is 1. The van der Waals surface area contributed by atoms with Crippen LogP contribution in [0.1, 0.15) is 74.7 Å². The number of carbonyl (C=O) groups is 4. The van der Waals surface area contributed by atoms with E-state index in [0.29, 0.717) is 13.0 Å². The number of hydrogen-bond donors (Lipinski definition) is 1. The molecule has 3 saturated heterocycles. The van der Waals surface area contributed by atoms with Crippen LogP contribution < -0.4 is 0 Å². The van der Waals surface area contributed by atoms with Gasteiger partial charge in [0.15, 0.2) is 17.7 Å². The maximum atomic E-state index is 14.7. The number of nitrogens with zero attached hydrogens (tertiary/aromatic N) is 5. The summed E-state index contributed by atoms with van der Waals surface area (Å²) in [6.07, 6.45) is 4.83. The van der Waals surface area contributed by atoms with E-state index < -0.39 is 83.4 Å². The maximum Gasteiger partial charge on any atom is 0.411 e. The van der Waals surface area contributed by atoms with Gasteiger partial charge in [0.1, 0.15) is 29.6 Å². The number of methoxy groups -OCH3 is 1. The average molecular weight is 810 g/mol. The minimum atomic E-state index is -1.44. The number of aliphatic hydroxyl groups excluding tert-OH is 1. The number of ether oxygens (including phenoxy) is 5. The van der Waals surface area contributed by atoms with Gasteiger partial charge in [0.05, 0.1) is 35.9 Å². The Kier molecular flexibility index (Phi) is 14.4. The van der Waals surface area contributed by atoms with E-state index in [1.165, 1.54) is 18.9 Å². The monoisotopic (exact) mass is 809 g/mol. The molecular weight excluding hydrogens is 746 g/mol. The lowest BCUT2D eigenvalue weighted by Gasteiger charge is -2.47. The maximum absolute atomic E-state index is 14.7. The van der Waals surface area contributed by atoms with E-state index in [1.807, 2.05) is 67.0 Å². The molecule has 0 aromatic carbocycles. The first kappa shape index (κ1) is 45.1. The number of imidazole rings is 1. The summed E-state index contributed by atoms with van der Waals surface area (Å²) in [5.41, 5.74) is -1.23. The Labute approximate surface area is 342 Å². The second-order valence-electron chi connectivity index (χ2n) is 17.0. The van der Waals surface area contributed by atoms with Crippen molar-refractivity contribution in [2.24, 2.45) is 23.7 Å². The zero-order valence-electron chi connectivity index (χ0n) is 35.9. The second-order valence-corrected chi connectivity index (χ2v) is 17.0. The van der Waals surface area contributed by atoms with Gasteiger partial charge in [-0.25, -0.2) is 9.78 Å². The number of hydrogen-bond acceptors (Lipinski definition) is 13. The molecule has 2 aromatic rings. The number of aliphatic hydroxyl groups is 1. The van der Waals surface area contributed by atoms with Crippen LogP contribution >= 0.6 is 0 Å². The molecule has 320 valence electrons. The van der Waals surface area contributed by atoms with E-state index in [9.17, 15) is 24.3 Å². The molecule has 15 nitrogen and oxygen atoms in total. The van der Waals surface area contributed by atoms with Gasteiger partial charge < -0.3 is 38.3 Å². The quantitative estimate of drug-likeness (QED) is 0.199. The van der Waals surface area contributed by atoms with Crippen LogP contribution in [0, 0.1) is 23.7 Å². The molecule has 3 aliphatic heterocycles. The molecule has 5 heterocycles. The fourth-order valence-electron chi connectivity index (χ4n) is 9.16. The third-order valence-corrected chi connectivity index (χ3v) is 12.5. The van der Waals surface area contributed by atoms with Gasteiger partial charge in [0.2, 0.25) is 0 Å². The summed E-state index contributed by atoms with van der Waals surface area (Å²) < 4.78 is 33.0. The number of likely N-dealkylation sites (N-methyl/N-ethyl adjacent to an activating group) is 1. The molecule has 5 rings (SSSR count). The Bertz CT molecular complexity index is 1790. The van der Waals surface area contributed by atoms with Crippen molar-refractivity contribution in [1.29, 1.82) is 0 Å². The first-order valence-electron chi connectivity index (χ1n) is 20.4. The molecule has 15 heteroatoms. The van der Waals surface area contributed by atoms with E-state index in [2.05, 4.69) is 9.97 Å². The van der Waals surface area contributed by atoms with Gasteiger partial charge in [-0.15, -0.1) is 0 Å². The van der Waals surface area contributed by atoms with Crippen LogP contribution in [0.3, 0.4) is 0 Å². The van der Waals surface area contributed by atoms with Gasteiger partial charge in [-0.2, -0.15) is 0 Å². The van der Waals surface area contributed by atoms with Crippen molar-refractivity contribution in [3.63, 3.8) is 0 Å². The summed E-state index contributed by atoms with van der Waals surface area (Å²) in [5, 5.41) is 11.4. The molecule has 13 atom stereocenters. The predicted molar refractivity (Wildman–Crippen MR) is 214 cm³/mol. The third kappa shape index (κ3) is 9.23. The van der Waals surface area contributed by atoms with Crippen LogP contribution in [0.15, 0.2) is 49.1 Å². The van der Waals surface area contributed by atoms with Crippen molar-refractivity contribution in [2.45, 2.75) is 135 Å². The van der Waals surface area contributed by atoms with E-state index in [-0.39, 0.29) is 37.3 Å². The summed E-state index contributed by atoms with van der Waals surface area (Å²) in [5.74, 6) is -5.07. The van der Waals surface area contributed by atoms with Gasteiger partial charge in [-0.3, -0.25) is 24.3 Å². The summed E-state index contributed by atoms with van der Waals surface area (Å²) in [4.78, 5) is 69.0. The second kappa shape index (κ2) is 18.5. The van der Waals surface area contributed by atoms with Crippen molar-refractivity contribution < 1.29 is 48.0 Å². The van der Waals surface area contributed by atoms with Crippen LogP contribution in [-0.4, -0.2) is 135 Å². The SMILES string of the molecule is CC[C@H]1OC(=O)[C@H](C)C(=O)[C@H](C)[C@@H](O[C@@H]2O[C@H](C)CC(N(C)C)C2O)[C@](C)(OC)C[C@@H](C)C(=O)[C@H](C)[C@H]2N(C/C=C/Cn3cnc(-c4ccccn4)c3)C(=O)O[C@]12C. The summed E-state index contributed by atoms with van der Waals surface area (Å²) in [7, 11) is 5.23. The van der Waals surface area contributed by atoms with Gasteiger partial charge in [-0.05, 0) is 73.2 Å². The predicted octanol–water partition coefficient (Wildman–Crippen LogP) is 4.71. The van der Waals surface area contributed by atoms with Crippen LogP contribution in [0.5, 0.6) is 0 Å². The molecule has 3 aliphatic rings. The number of aromatic nitrogens is 3. The van der Waals surface area contributed by atoms with E-state index >= 15 is 0 Å². The number of fused-ring (bicyclic) bond motifs is 1. The minimum Gasteiger partial charge on any atom is -0.458 e. The Hall–Kier alpha value is -4.02. The normalized spacial score (nSPS) is 36.8. The van der Waals surface area contributed by atoms with Crippen LogP contribution in [0.4, 0.5) is 4.79 Å². The number of rotatable bonds is 10. The van der Waals surface area contributed by atoms with E-state index in [4.69, 9.17) is 23.7 Å². The topological polar surface area (TPSA) is 172 Å². The molecule has 58 heavy (non-hydrogen) atoms. The largest absolute Gasteiger partial charge is 0.458 e. The van der Waals surface area contributed by atoms with Gasteiger partial charge in [-0.1, -0.05) is 45.9 Å². The smallest absolute Gasteiger partial charge is 0.411 e. The lowest BCUT2D eigenvalue weighted by atomic mass is 9.73. The number of cyclic esters (lactones) is 1. The number of allylic oxidation sites excluding steroid dienone is 1. The highest BCUT2D eigenvalue weighted by Gasteiger charge is 2.60. The Balaban J connectivity index is 1.46. The summed E-state index contributed by atoms with van der Waals surface area (Å²) in [6.45, 7) is 14.5. The van der Waals surface area contributed by atoms with Crippen molar-refractivity contribution in [3.05, 3.63) is 49.1 Å². The highest BCUT2D eigenvalue weighted by Crippen LogP contribution is 2.43. The van der Waals surface area contributed by atoms with Crippen molar-refractivity contribution in [3.8, 4) is 11.4 Å². The number of esters is 1. The molecule has 2 aromatic heterocycles. The first-order valence-corrected chi connectivity index (χ1v) is 20.4. The minimum absolute atomic E-state index is 0.115. The van der Waals surface area contributed by atoms with E-state index in [0.717, 1.165) is 11.4 Å². The number of ketones is 2. The van der Waals surface area contributed by atoms with E-state index in [1.54, 1.807) is 54.1 Å². The Morgan fingerprint density at radius 3 is 2.33 bits per heavy atom. The highest BCUT2D eigenvalue weighted by molar-refractivity contribution is 6.00. The Morgan fingerprint density at radius 1 is 0.983 bits per heavy atom. The number of carbonyl (C=O) groups excluding carboxylic acids is 4. The lowest BCUT2D eigenvalue weighted by Crippen LogP contribution is -2.60. The number of Topliss-reactive ketones (excluding diaryl/α,β-unsaturated/α-hetero) is 2. The van der Waals surface area contributed by atoms with Crippen molar-refractivity contribution in [2.75, 3.05) is 27.7 Å². The van der Waals surface area contributed by atoms with Crippen LogP contribution in [-0.2, 0) is 44.6 Å². The molecule has 0 bridgehead atoms. The molecule has 0 radical (unpaired) electrons. The summed E-state index contributed by atoms with van der Waals surface area (Å²) >= 11 is 0. The molecule has 1 N–H and O–H groups in total. The first-order chi connectivity index (χ1) is 27.4. The molecule has 0 spiro atoms. The molecule has 0 aliphatic carbocycles. The zero-order valence-corrected chi connectivity index (χ0v) is 35.9. The molecule has 1 amide bonds. The fraction of sp³-hybridized carbons (Fsp3) is 0.674. The van der Waals surface area contributed by atoms with Gasteiger partial charge in [0, 0.05) is 56.4 Å². The fourth-order valence-corrected chi connectivity index (χ4v) is 9.16. The van der Waals surface area contributed by atoms with Gasteiger partial charge >= 0.3 is 12.1 Å². The number of amides is 1. The lowest BCUT2D eigenvalue weighted by molar-refractivity contribution is -0.295. The van der Waals surface area contributed by atoms with Crippen molar-refractivity contribution >= 4 is 23.6 Å². The summed E-state index contributed by atoms with van der Waals surface area (Å²) in [6, 6.07) is 4.50. The van der Waals surface area contributed by atoms with Crippen LogP contribution in [0.25, 0.3) is 11.4 Å². The highest BCUT2D eigenvalue weighted by atomic mass is 16.7. The molecule has 0 saturated carbocycles.